The van der Waals surface area contributed by atoms with Crippen molar-refractivity contribution in [3.05, 3.63) is 80.2 Å². The first-order valence-corrected chi connectivity index (χ1v) is 12.3. The SMILES string of the molecule is OCP(C1CCCCC1)C1CCCCC1.[CH3-].[Zr+3].[c-]1ccccc1.[c-]1ccccc1. The van der Waals surface area contributed by atoms with Crippen molar-refractivity contribution in [2.45, 2.75) is 75.5 Å². The zero-order chi connectivity index (χ0) is 19.0. The molecule has 0 aliphatic heterocycles. The predicted octanol–water partition coefficient (Wildman–Crippen LogP) is 7.50. The van der Waals surface area contributed by atoms with Crippen LogP contribution in [0.15, 0.2) is 60.7 Å². The smallest absolute Gasteiger partial charge is 0.392 e. The quantitative estimate of drug-likeness (QED) is 0.350. The average Bonchev–Trinajstić information content (AvgIpc) is 2.79. The Hall–Kier alpha value is -0.287. The van der Waals surface area contributed by atoms with Gasteiger partial charge in [-0.05, 0) is 37.0 Å². The number of aliphatic hydroxyl groups excluding tert-OH is 1. The number of rotatable bonds is 3. The largest absolute Gasteiger partial charge is 3.00 e. The molecule has 29 heavy (non-hydrogen) atoms. The van der Waals surface area contributed by atoms with Crippen LogP contribution in [0.4, 0.5) is 0 Å². The van der Waals surface area contributed by atoms with Gasteiger partial charge in [0.25, 0.3) is 0 Å². The van der Waals surface area contributed by atoms with E-state index in [-0.39, 0.29) is 41.6 Å². The van der Waals surface area contributed by atoms with Crippen LogP contribution in [0.25, 0.3) is 0 Å². The van der Waals surface area contributed by atoms with Gasteiger partial charge in [-0.25, -0.2) is 0 Å². The van der Waals surface area contributed by atoms with E-state index in [1.54, 1.807) is 0 Å². The number of aliphatic hydroxyl groups is 1. The third-order valence-corrected chi connectivity index (χ3v) is 8.70. The van der Waals surface area contributed by atoms with Gasteiger partial charge >= 0.3 is 26.2 Å². The maximum atomic E-state index is 9.66. The third-order valence-electron chi connectivity index (χ3n) is 5.46. The number of benzene rings is 2. The maximum Gasteiger partial charge on any atom is 3.00 e. The van der Waals surface area contributed by atoms with Crippen LogP contribution in [-0.2, 0) is 26.2 Å². The summed E-state index contributed by atoms with van der Waals surface area (Å²) >= 11 is 0. The molecule has 1 nitrogen and oxygen atoms in total. The standard InChI is InChI=1S/C13H25OP.2C6H5.CH3.Zr/c14-11-15(12-7-3-1-4-8-12)13-9-5-2-6-10-13;2*1-2-4-6-5-3-1;;/h12-14H,1-11H2;2*1-5H;1H3;/q;3*-1;+3. The van der Waals surface area contributed by atoms with Gasteiger partial charge in [0.1, 0.15) is 0 Å². The molecule has 0 spiro atoms. The van der Waals surface area contributed by atoms with Crippen LogP contribution in [0.3, 0.4) is 0 Å². The molecule has 157 valence electrons. The Bertz CT molecular complexity index is 436. The number of hydrogen-bond donors (Lipinski definition) is 1. The van der Waals surface area contributed by atoms with E-state index in [1.807, 2.05) is 60.7 Å². The summed E-state index contributed by atoms with van der Waals surface area (Å²) in [5.41, 5.74) is 1.84. The molecule has 0 amide bonds. The summed E-state index contributed by atoms with van der Waals surface area (Å²) in [5.74, 6) is 0. The first-order valence-electron chi connectivity index (χ1n) is 10.6. The summed E-state index contributed by atoms with van der Waals surface area (Å²) in [5, 5.41) is 9.66. The van der Waals surface area contributed by atoms with Crippen LogP contribution in [0.1, 0.15) is 64.2 Å². The fourth-order valence-electron chi connectivity index (χ4n) is 4.04. The van der Waals surface area contributed by atoms with E-state index in [0.29, 0.717) is 6.35 Å². The Kier molecular flexibility index (Phi) is 19.5. The second kappa shape index (κ2) is 19.7. The predicted molar refractivity (Wildman–Crippen MR) is 125 cm³/mol. The van der Waals surface area contributed by atoms with Crippen LogP contribution in [0.2, 0.25) is 0 Å². The molecule has 2 aliphatic rings. The van der Waals surface area contributed by atoms with Gasteiger partial charge in [-0.3, -0.25) is 0 Å². The fourth-order valence-corrected chi connectivity index (χ4v) is 7.15. The monoisotopic (exact) mass is 487 g/mol. The molecular formula is C26H38OPZr. The zero-order valence-electron chi connectivity index (χ0n) is 18.1. The van der Waals surface area contributed by atoms with Crippen LogP contribution in [0.5, 0.6) is 0 Å². The summed E-state index contributed by atoms with van der Waals surface area (Å²) in [6.45, 7) is 0. The molecule has 0 unspecified atom stereocenters. The molecule has 1 radical (unpaired) electrons. The summed E-state index contributed by atoms with van der Waals surface area (Å²) in [6.07, 6.45) is 14.8. The molecule has 0 atom stereocenters. The van der Waals surface area contributed by atoms with Crippen LogP contribution in [0, 0.1) is 19.6 Å². The molecule has 0 bridgehead atoms. The van der Waals surface area contributed by atoms with Crippen molar-refractivity contribution in [3.63, 3.8) is 0 Å². The van der Waals surface area contributed by atoms with E-state index in [9.17, 15) is 5.11 Å². The normalized spacial score (nSPS) is 16.8. The Labute approximate surface area is 200 Å². The Morgan fingerprint density at radius 3 is 1.17 bits per heavy atom. The van der Waals surface area contributed by atoms with Gasteiger partial charge in [-0.15, -0.1) is 0 Å². The van der Waals surface area contributed by atoms with Gasteiger partial charge in [-0.2, -0.15) is 72.8 Å². The topological polar surface area (TPSA) is 20.2 Å². The summed E-state index contributed by atoms with van der Waals surface area (Å²) in [4.78, 5) is 0. The third kappa shape index (κ3) is 12.9. The molecule has 2 aromatic carbocycles. The van der Waals surface area contributed by atoms with Crippen molar-refractivity contribution < 1.29 is 31.3 Å². The molecule has 0 saturated heterocycles. The van der Waals surface area contributed by atoms with Crippen molar-refractivity contribution in [2.24, 2.45) is 0 Å². The van der Waals surface area contributed by atoms with Gasteiger partial charge in [-0.1, -0.05) is 46.4 Å². The van der Waals surface area contributed by atoms with E-state index in [0.717, 1.165) is 11.3 Å². The van der Waals surface area contributed by atoms with Crippen LogP contribution >= 0.6 is 7.92 Å². The number of hydrogen-bond acceptors (Lipinski definition) is 1. The Morgan fingerprint density at radius 2 is 0.966 bits per heavy atom. The maximum absolute atomic E-state index is 9.66. The van der Waals surface area contributed by atoms with Gasteiger partial charge in [0.15, 0.2) is 0 Å². The van der Waals surface area contributed by atoms with Gasteiger partial charge < -0.3 is 12.5 Å². The van der Waals surface area contributed by atoms with E-state index in [4.69, 9.17) is 0 Å². The van der Waals surface area contributed by atoms with Gasteiger partial charge in [0.2, 0.25) is 0 Å². The molecule has 2 fully saturated rings. The van der Waals surface area contributed by atoms with E-state index < -0.39 is 0 Å². The van der Waals surface area contributed by atoms with Crippen molar-refractivity contribution in [1.29, 1.82) is 0 Å². The first kappa shape index (κ1) is 28.7. The minimum absolute atomic E-state index is 0. The summed E-state index contributed by atoms with van der Waals surface area (Å²) in [7, 11) is -0.0392. The van der Waals surface area contributed by atoms with Crippen molar-refractivity contribution >= 4 is 7.92 Å². The van der Waals surface area contributed by atoms with Crippen LogP contribution < -0.4 is 0 Å². The second-order valence-electron chi connectivity index (χ2n) is 7.39. The van der Waals surface area contributed by atoms with Gasteiger partial charge in [0, 0.05) is 0 Å². The second-order valence-corrected chi connectivity index (χ2v) is 10.2. The molecule has 2 aliphatic carbocycles. The van der Waals surface area contributed by atoms with Gasteiger partial charge in [0.05, 0.1) is 6.35 Å². The Balaban J connectivity index is 0.000000466. The zero-order valence-corrected chi connectivity index (χ0v) is 21.5. The molecule has 4 rings (SSSR count). The molecule has 3 heteroatoms. The Morgan fingerprint density at radius 1 is 0.621 bits per heavy atom. The minimum atomic E-state index is -0.0392. The van der Waals surface area contributed by atoms with Crippen molar-refractivity contribution in [2.75, 3.05) is 6.35 Å². The van der Waals surface area contributed by atoms with E-state index in [2.05, 4.69) is 12.1 Å². The summed E-state index contributed by atoms with van der Waals surface area (Å²) in [6, 6.07) is 25.0. The molecule has 0 heterocycles. The molecule has 1 N–H and O–H groups in total. The first-order chi connectivity index (χ1) is 13.4. The average molecular weight is 489 g/mol. The molecular weight excluding hydrogens is 450 g/mol. The molecule has 2 saturated carbocycles. The minimum Gasteiger partial charge on any atom is -0.392 e. The van der Waals surface area contributed by atoms with Crippen molar-refractivity contribution in [1.82, 2.24) is 0 Å². The van der Waals surface area contributed by atoms with Crippen molar-refractivity contribution in [3.8, 4) is 0 Å². The fraction of sp³-hybridized carbons (Fsp3) is 0.500. The molecule has 0 aromatic heterocycles. The van der Waals surface area contributed by atoms with E-state index >= 15 is 0 Å². The summed E-state index contributed by atoms with van der Waals surface area (Å²) < 4.78 is 0. The van der Waals surface area contributed by atoms with Crippen LogP contribution in [-0.4, -0.2) is 22.8 Å². The molecule has 2 aromatic rings. The van der Waals surface area contributed by atoms with E-state index in [1.165, 1.54) is 64.2 Å².